The first-order chi connectivity index (χ1) is 9.93. The van der Waals surface area contributed by atoms with Gasteiger partial charge in [0.05, 0.1) is 0 Å². The maximum atomic E-state index is 14.0. The van der Waals surface area contributed by atoms with Crippen LogP contribution in [0.4, 0.5) is 8.78 Å². The number of hydrogen-bond acceptors (Lipinski definition) is 3. The Morgan fingerprint density at radius 1 is 1.24 bits per heavy atom. The molecule has 0 saturated heterocycles. The van der Waals surface area contributed by atoms with Crippen LogP contribution >= 0.6 is 8.03 Å². The van der Waals surface area contributed by atoms with E-state index >= 15 is 0 Å². The van der Waals surface area contributed by atoms with Gasteiger partial charge in [0.15, 0.2) is 11.6 Å². The molecule has 0 bridgehead atoms. The molecule has 0 radical (unpaired) electrons. The Labute approximate surface area is 122 Å². The third-order valence-electron chi connectivity index (χ3n) is 3.13. The predicted octanol–water partition coefficient (Wildman–Crippen LogP) is 4.70. The molecule has 0 saturated carbocycles. The predicted molar refractivity (Wildman–Crippen MR) is 79.5 cm³/mol. The van der Waals surface area contributed by atoms with E-state index in [1.165, 1.54) is 13.2 Å². The van der Waals surface area contributed by atoms with Gasteiger partial charge in [-0.05, 0) is 35.1 Å². The molecule has 2 aromatic carbocycles. The summed E-state index contributed by atoms with van der Waals surface area (Å²) in [7, 11) is -0.926. The second-order valence-electron chi connectivity index (χ2n) is 5.03. The zero-order valence-corrected chi connectivity index (χ0v) is 13.1. The summed E-state index contributed by atoms with van der Waals surface area (Å²) in [5.41, 5.74) is 0.617. The SMILES string of the molecule is COC[PH](=O)Oc1cc(C(C)C)c2c(F)c(F)ccc2c1. The lowest BCUT2D eigenvalue weighted by Gasteiger charge is -2.14. The molecule has 21 heavy (non-hydrogen) atoms. The lowest BCUT2D eigenvalue weighted by atomic mass is 9.95. The number of methoxy groups -OCH3 is 1. The van der Waals surface area contributed by atoms with Crippen LogP contribution < -0.4 is 4.52 Å². The van der Waals surface area contributed by atoms with Crippen molar-refractivity contribution in [2.24, 2.45) is 0 Å². The summed E-state index contributed by atoms with van der Waals surface area (Å²) >= 11 is 0. The van der Waals surface area contributed by atoms with E-state index < -0.39 is 19.7 Å². The zero-order valence-electron chi connectivity index (χ0n) is 12.1. The summed E-state index contributed by atoms with van der Waals surface area (Å²) in [6, 6.07) is 5.72. The van der Waals surface area contributed by atoms with Crippen LogP contribution in [0.1, 0.15) is 25.3 Å². The number of ether oxygens (including phenoxy) is 1. The van der Waals surface area contributed by atoms with Gasteiger partial charge in [-0.15, -0.1) is 0 Å². The van der Waals surface area contributed by atoms with E-state index in [2.05, 4.69) is 0 Å². The third-order valence-corrected chi connectivity index (χ3v) is 4.11. The summed E-state index contributed by atoms with van der Waals surface area (Å²) in [4.78, 5) is 0. The van der Waals surface area contributed by atoms with E-state index in [1.807, 2.05) is 13.8 Å². The molecule has 1 unspecified atom stereocenters. The van der Waals surface area contributed by atoms with Crippen molar-refractivity contribution >= 4 is 18.8 Å². The van der Waals surface area contributed by atoms with Crippen molar-refractivity contribution in [2.75, 3.05) is 13.5 Å². The highest BCUT2D eigenvalue weighted by Gasteiger charge is 2.16. The summed E-state index contributed by atoms with van der Waals surface area (Å²) in [6.07, 6.45) is 0.0114. The summed E-state index contributed by atoms with van der Waals surface area (Å²) < 4.78 is 49.2. The standard InChI is InChI=1S/C15H17F2O3P/c1-9(2)12-7-11(20-21(18)8-19-3)6-10-4-5-13(16)15(17)14(10)12/h4-7,9,21H,8H2,1-3H3. The summed E-state index contributed by atoms with van der Waals surface area (Å²) in [5.74, 6) is -1.41. The Kier molecular flexibility index (Phi) is 4.96. The Bertz CT molecular complexity index is 686. The van der Waals surface area contributed by atoms with E-state index in [-0.39, 0.29) is 17.7 Å². The molecule has 0 heterocycles. The number of halogens is 2. The number of rotatable bonds is 5. The summed E-state index contributed by atoms with van der Waals surface area (Å²) in [5, 5.41) is 0.756. The first-order valence-electron chi connectivity index (χ1n) is 6.55. The monoisotopic (exact) mass is 314 g/mol. The van der Waals surface area contributed by atoms with Crippen molar-refractivity contribution in [3.05, 3.63) is 41.5 Å². The fraction of sp³-hybridized carbons (Fsp3) is 0.333. The third kappa shape index (κ3) is 3.42. The summed E-state index contributed by atoms with van der Waals surface area (Å²) in [6.45, 7) is 3.75. The molecule has 1 atom stereocenters. The van der Waals surface area contributed by atoms with E-state index in [4.69, 9.17) is 9.26 Å². The van der Waals surface area contributed by atoms with Crippen molar-refractivity contribution in [3.63, 3.8) is 0 Å². The molecule has 0 spiro atoms. The van der Waals surface area contributed by atoms with E-state index in [0.717, 1.165) is 6.07 Å². The van der Waals surface area contributed by atoms with Crippen molar-refractivity contribution in [3.8, 4) is 5.75 Å². The van der Waals surface area contributed by atoms with Crippen LogP contribution in [0.3, 0.4) is 0 Å². The van der Waals surface area contributed by atoms with Gasteiger partial charge in [0.1, 0.15) is 12.1 Å². The van der Waals surface area contributed by atoms with Crippen LogP contribution in [-0.2, 0) is 9.30 Å². The molecule has 3 nitrogen and oxygen atoms in total. The molecule has 0 aliphatic heterocycles. The molecule has 0 aliphatic carbocycles. The Hall–Kier alpha value is -1.45. The van der Waals surface area contributed by atoms with Gasteiger partial charge in [0.25, 0.3) is 8.03 Å². The van der Waals surface area contributed by atoms with Gasteiger partial charge >= 0.3 is 0 Å². The van der Waals surface area contributed by atoms with Crippen LogP contribution in [0, 0.1) is 11.6 Å². The molecule has 0 aromatic heterocycles. The fourth-order valence-corrected chi connectivity index (χ4v) is 2.87. The molecule has 114 valence electrons. The number of hydrogen-bond donors (Lipinski definition) is 0. The molecular formula is C15H17F2O3P. The Morgan fingerprint density at radius 2 is 1.95 bits per heavy atom. The topological polar surface area (TPSA) is 35.5 Å². The second-order valence-corrected chi connectivity index (χ2v) is 6.27. The quantitative estimate of drug-likeness (QED) is 0.751. The van der Waals surface area contributed by atoms with Gasteiger partial charge in [-0.1, -0.05) is 19.9 Å². The van der Waals surface area contributed by atoms with Crippen molar-refractivity contribution in [2.45, 2.75) is 19.8 Å². The molecule has 0 fully saturated rings. The molecule has 2 rings (SSSR count). The van der Waals surface area contributed by atoms with Crippen molar-refractivity contribution < 1.29 is 22.6 Å². The fourth-order valence-electron chi connectivity index (χ4n) is 2.19. The van der Waals surface area contributed by atoms with Crippen LogP contribution in [0.2, 0.25) is 0 Å². The zero-order chi connectivity index (χ0) is 15.6. The van der Waals surface area contributed by atoms with Crippen molar-refractivity contribution in [1.29, 1.82) is 0 Å². The second kappa shape index (κ2) is 6.54. The molecule has 0 aliphatic rings. The molecule has 0 amide bonds. The van der Waals surface area contributed by atoms with Crippen LogP contribution in [0.25, 0.3) is 10.8 Å². The first kappa shape index (κ1) is 15.9. The van der Waals surface area contributed by atoms with Gasteiger partial charge in [0, 0.05) is 12.5 Å². The minimum absolute atomic E-state index is 0.0114. The largest absolute Gasteiger partial charge is 0.443 e. The van der Waals surface area contributed by atoms with E-state index in [9.17, 15) is 13.3 Å². The van der Waals surface area contributed by atoms with Crippen LogP contribution in [0.5, 0.6) is 5.75 Å². The lowest BCUT2D eigenvalue weighted by Crippen LogP contribution is -1.97. The number of fused-ring (bicyclic) bond motifs is 1. The Morgan fingerprint density at radius 3 is 2.57 bits per heavy atom. The normalized spacial score (nSPS) is 12.9. The van der Waals surface area contributed by atoms with Crippen molar-refractivity contribution in [1.82, 2.24) is 0 Å². The highest BCUT2D eigenvalue weighted by Crippen LogP contribution is 2.36. The average Bonchev–Trinajstić information content (AvgIpc) is 2.42. The smallest absolute Gasteiger partial charge is 0.261 e. The van der Waals surface area contributed by atoms with Gasteiger partial charge in [-0.3, -0.25) is 4.57 Å². The average molecular weight is 314 g/mol. The van der Waals surface area contributed by atoms with Crippen LogP contribution in [0.15, 0.2) is 24.3 Å². The lowest BCUT2D eigenvalue weighted by molar-refractivity contribution is 0.244. The molecule has 0 N–H and O–H groups in total. The van der Waals surface area contributed by atoms with E-state index in [0.29, 0.717) is 16.7 Å². The maximum Gasteiger partial charge on any atom is 0.261 e. The molecule has 6 heteroatoms. The highest BCUT2D eigenvalue weighted by atomic mass is 31.1. The van der Waals surface area contributed by atoms with Gasteiger partial charge < -0.3 is 9.26 Å². The maximum absolute atomic E-state index is 14.0. The Balaban J connectivity index is 2.57. The highest BCUT2D eigenvalue weighted by molar-refractivity contribution is 7.39. The first-order valence-corrected chi connectivity index (χ1v) is 8.07. The minimum Gasteiger partial charge on any atom is -0.443 e. The number of benzene rings is 2. The van der Waals surface area contributed by atoms with E-state index in [1.54, 1.807) is 12.1 Å². The minimum atomic E-state index is -2.36. The molecule has 2 aromatic rings. The van der Waals surface area contributed by atoms with Gasteiger partial charge in [-0.25, -0.2) is 8.78 Å². The van der Waals surface area contributed by atoms with Gasteiger partial charge in [0.2, 0.25) is 0 Å². The van der Waals surface area contributed by atoms with Gasteiger partial charge in [-0.2, -0.15) is 0 Å². The molecular weight excluding hydrogens is 297 g/mol. The van der Waals surface area contributed by atoms with Crippen LogP contribution in [-0.4, -0.2) is 13.5 Å².